The third-order valence-corrected chi connectivity index (χ3v) is 3.27. The summed E-state index contributed by atoms with van der Waals surface area (Å²) in [7, 11) is 0. The average molecular weight is 323 g/mol. The maximum absolute atomic E-state index is 12.5. The molecule has 1 aliphatic rings. The maximum Gasteiger partial charge on any atom is 0.406 e. The van der Waals surface area contributed by atoms with Gasteiger partial charge in [0.2, 0.25) is 5.91 Å². The molecule has 2 heterocycles. The maximum atomic E-state index is 12.5. The molecule has 0 aliphatic carbocycles. The van der Waals surface area contributed by atoms with E-state index >= 15 is 0 Å². The Labute approximate surface area is 110 Å². The van der Waals surface area contributed by atoms with Crippen LogP contribution in [-0.4, -0.2) is 23.6 Å². The molecule has 1 aliphatic heterocycles. The topological polar surface area (TPSA) is 33.2 Å². The van der Waals surface area contributed by atoms with Gasteiger partial charge in [-0.3, -0.25) is 9.78 Å². The van der Waals surface area contributed by atoms with Gasteiger partial charge in [-0.05, 0) is 35.8 Å². The Morgan fingerprint density at radius 2 is 2.06 bits per heavy atom. The van der Waals surface area contributed by atoms with Crippen LogP contribution < -0.4 is 4.90 Å². The minimum atomic E-state index is -4.43. The number of pyridine rings is 1. The molecule has 0 N–H and O–H groups in total. The second-order valence-corrected chi connectivity index (χ2v) is 5.57. The Morgan fingerprint density at radius 3 is 2.61 bits per heavy atom. The number of nitrogens with zero attached hydrogens (tertiary/aromatic N) is 2. The average Bonchev–Trinajstić information content (AvgIpc) is 2.38. The first-order chi connectivity index (χ1) is 8.13. The van der Waals surface area contributed by atoms with E-state index in [1.807, 2.05) is 0 Å². The summed E-state index contributed by atoms with van der Waals surface area (Å²) in [5.41, 5.74) is -0.432. The predicted molar refractivity (Wildman–Crippen MR) is 63.4 cm³/mol. The molecule has 7 heteroatoms. The van der Waals surface area contributed by atoms with Gasteiger partial charge in [0, 0.05) is 10.7 Å². The van der Waals surface area contributed by atoms with Crippen molar-refractivity contribution in [3.05, 3.63) is 22.4 Å². The molecule has 1 aromatic heterocycles. The van der Waals surface area contributed by atoms with Crippen molar-refractivity contribution >= 4 is 27.5 Å². The summed E-state index contributed by atoms with van der Waals surface area (Å²) in [6, 6.07) is 1.49. The van der Waals surface area contributed by atoms with E-state index in [1.165, 1.54) is 12.3 Å². The molecule has 0 saturated carbocycles. The van der Waals surface area contributed by atoms with E-state index in [9.17, 15) is 18.0 Å². The number of carbonyl (C=O) groups is 1. The van der Waals surface area contributed by atoms with Crippen LogP contribution in [0.2, 0.25) is 0 Å². The second kappa shape index (κ2) is 3.94. The van der Waals surface area contributed by atoms with Crippen LogP contribution in [0.15, 0.2) is 16.7 Å². The van der Waals surface area contributed by atoms with Crippen LogP contribution in [0, 0.1) is 0 Å². The molecule has 0 radical (unpaired) electrons. The lowest BCUT2D eigenvalue weighted by Gasteiger charge is -2.21. The lowest BCUT2D eigenvalue weighted by atomic mass is 9.90. The number of hydrogen-bond acceptors (Lipinski definition) is 2. The summed E-state index contributed by atoms with van der Waals surface area (Å²) in [5, 5.41) is 0. The normalized spacial score (nSPS) is 18.1. The van der Waals surface area contributed by atoms with Gasteiger partial charge in [-0.2, -0.15) is 13.2 Å². The summed E-state index contributed by atoms with van der Waals surface area (Å²) in [6.45, 7) is 1.86. The molecule has 1 amide bonds. The molecule has 0 spiro atoms. The Balaban J connectivity index is 2.52. The van der Waals surface area contributed by atoms with E-state index in [0.29, 0.717) is 10.2 Å². The molecule has 0 atom stereocenters. The zero-order valence-corrected chi connectivity index (χ0v) is 11.3. The highest BCUT2D eigenvalue weighted by molar-refractivity contribution is 9.10. The summed E-state index contributed by atoms with van der Waals surface area (Å²) < 4.78 is 38.0. The standard InChI is InChI=1S/C11H10BrF3N2O/c1-10(2)8-7(3-6(12)4-16-8)17(9(10)18)5-11(13,14)15/h3-4H,5H2,1-2H3. The monoisotopic (exact) mass is 322 g/mol. The predicted octanol–water partition coefficient (Wildman–Crippen LogP) is 3.03. The highest BCUT2D eigenvalue weighted by Gasteiger charge is 2.48. The van der Waals surface area contributed by atoms with E-state index in [1.54, 1.807) is 13.8 Å². The van der Waals surface area contributed by atoms with Gasteiger partial charge in [0.15, 0.2) is 0 Å². The molecular weight excluding hydrogens is 313 g/mol. The largest absolute Gasteiger partial charge is 0.406 e. The fourth-order valence-corrected chi connectivity index (χ4v) is 2.32. The molecule has 1 aromatic rings. The Kier molecular flexibility index (Phi) is 2.92. The molecule has 18 heavy (non-hydrogen) atoms. The number of aromatic nitrogens is 1. The number of rotatable bonds is 1. The van der Waals surface area contributed by atoms with E-state index in [4.69, 9.17) is 0 Å². The van der Waals surface area contributed by atoms with Gasteiger partial charge in [0.25, 0.3) is 0 Å². The lowest BCUT2D eigenvalue weighted by Crippen LogP contribution is -2.41. The zero-order chi connectivity index (χ0) is 13.7. The number of amides is 1. The van der Waals surface area contributed by atoms with Crippen LogP contribution in [0.1, 0.15) is 19.5 Å². The zero-order valence-electron chi connectivity index (χ0n) is 9.68. The van der Waals surface area contributed by atoms with Crippen molar-refractivity contribution in [2.24, 2.45) is 0 Å². The van der Waals surface area contributed by atoms with Crippen LogP contribution in [0.4, 0.5) is 18.9 Å². The Bertz CT molecular complexity index is 514. The molecule has 0 unspecified atom stereocenters. The Hall–Kier alpha value is -1.11. The first-order valence-electron chi connectivity index (χ1n) is 5.17. The van der Waals surface area contributed by atoms with Gasteiger partial charge in [0.05, 0.1) is 16.8 Å². The van der Waals surface area contributed by atoms with E-state index in [2.05, 4.69) is 20.9 Å². The van der Waals surface area contributed by atoms with Crippen LogP contribution >= 0.6 is 15.9 Å². The summed E-state index contributed by atoms with van der Waals surface area (Å²) in [6.07, 6.45) is -2.96. The third-order valence-electron chi connectivity index (χ3n) is 2.83. The third kappa shape index (κ3) is 2.11. The number of halogens is 4. The quantitative estimate of drug-likeness (QED) is 0.796. The molecule has 0 aromatic carbocycles. The molecule has 3 nitrogen and oxygen atoms in total. The first kappa shape index (κ1) is 13.3. The van der Waals surface area contributed by atoms with Crippen molar-refractivity contribution in [1.82, 2.24) is 4.98 Å². The molecule has 0 saturated heterocycles. The van der Waals surface area contributed by atoms with Gasteiger partial charge >= 0.3 is 6.18 Å². The molecule has 0 bridgehead atoms. The number of fused-ring (bicyclic) bond motifs is 1. The highest BCUT2D eigenvalue weighted by Crippen LogP contribution is 2.42. The number of carbonyl (C=O) groups excluding carboxylic acids is 1. The van der Waals surface area contributed by atoms with Crippen molar-refractivity contribution in [3.8, 4) is 0 Å². The summed E-state index contributed by atoms with van der Waals surface area (Å²) in [5.74, 6) is -0.583. The van der Waals surface area contributed by atoms with Crippen molar-refractivity contribution in [3.63, 3.8) is 0 Å². The van der Waals surface area contributed by atoms with Crippen LogP contribution in [0.5, 0.6) is 0 Å². The summed E-state index contributed by atoms with van der Waals surface area (Å²) in [4.78, 5) is 16.9. The van der Waals surface area contributed by atoms with Crippen molar-refractivity contribution in [2.75, 3.05) is 11.4 Å². The summed E-state index contributed by atoms with van der Waals surface area (Å²) >= 11 is 3.15. The molecular formula is C11H10BrF3N2O. The van der Waals surface area contributed by atoms with Gasteiger partial charge in [-0.15, -0.1) is 0 Å². The smallest absolute Gasteiger partial charge is 0.301 e. The van der Waals surface area contributed by atoms with Crippen molar-refractivity contribution in [1.29, 1.82) is 0 Å². The minimum absolute atomic E-state index is 0.219. The van der Waals surface area contributed by atoms with Crippen LogP contribution in [0.3, 0.4) is 0 Å². The van der Waals surface area contributed by atoms with E-state index in [-0.39, 0.29) is 5.69 Å². The molecule has 0 fully saturated rings. The fraction of sp³-hybridized carbons (Fsp3) is 0.455. The number of alkyl halides is 3. The van der Waals surface area contributed by atoms with E-state index < -0.39 is 24.0 Å². The fourth-order valence-electron chi connectivity index (χ4n) is 2.00. The van der Waals surface area contributed by atoms with Gasteiger partial charge in [0.1, 0.15) is 6.54 Å². The lowest BCUT2D eigenvalue weighted by molar-refractivity contribution is -0.134. The molecule has 2 rings (SSSR count). The Morgan fingerprint density at radius 1 is 1.44 bits per heavy atom. The number of hydrogen-bond donors (Lipinski definition) is 0. The molecule has 98 valence electrons. The van der Waals surface area contributed by atoms with E-state index in [0.717, 1.165) is 4.90 Å². The van der Waals surface area contributed by atoms with Gasteiger partial charge in [-0.1, -0.05) is 0 Å². The second-order valence-electron chi connectivity index (χ2n) is 4.65. The van der Waals surface area contributed by atoms with Crippen LogP contribution in [0.25, 0.3) is 0 Å². The van der Waals surface area contributed by atoms with Crippen molar-refractivity contribution in [2.45, 2.75) is 25.4 Å². The highest BCUT2D eigenvalue weighted by atomic mass is 79.9. The van der Waals surface area contributed by atoms with Crippen LogP contribution in [-0.2, 0) is 10.2 Å². The van der Waals surface area contributed by atoms with Crippen molar-refractivity contribution < 1.29 is 18.0 Å². The minimum Gasteiger partial charge on any atom is -0.301 e. The van der Waals surface area contributed by atoms with Gasteiger partial charge < -0.3 is 4.90 Å². The first-order valence-corrected chi connectivity index (χ1v) is 5.97. The number of anilines is 1. The SMILES string of the molecule is CC1(C)C(=O)N(CC(F)(F)F)c2cc(Br)cnc21. The van der Waals surface area contributed by atoms with Gasteiger partial charge in [-0.25, -0.2) is 0 Å².